The number of fused-ring (bicyclic) bond motifs is 1. The molecule has 0 unspecified atom stereocenters. The van der Waals surface area contributed by atoms with E-state index >= 15 is 0 Å². The highest BCUT2D eigenvalue weighted by Gasteiger charge is 2.55. The van der Waals surface area contributed by atoms with Crippen LogP contribution in [0.2, 0.25) is 0 Å². The molecule has 0 spiro atoms. The fraction of sp³-hybridized carbons (Fsp3) is 0.667. The van der Waals surface area contributed by atoms with E-state index in [2.05, 4.69) is 26.0 Å². The van der Waals surface area contributed by atoms with Crippen molar-refractivity contribution in [1.29, 1.82) is 0 Å². The molecule has 1 fully saturated rings. The van der Waals surface area contributed by atoms with Crippen molar-refractivity contribution in [3.8, 4) is 0 Å². The van der Waals surface area contributed by atoms with E-state index in [1.165, 1.54) is 0 Å². The van der Waals surface area contributed by atoms with Gasteiger partial charge in [0.05, 0.1) is 6.61 Å². The minimum Gasteiger partial charge on any atom is -0.392 e. The van der Waals surface area contributed by atoms with E-state index < -0.39 is 0 Å². The number of aliphatic hydroxyl groups is 1. The highest BCUT2D eigenvalue weighted by Crippen LogP contribution is 2.61. The number of rotatable bonds is 2. The normalized spacial score (nSPS) is 31.9. The summed E-state index contributed by atoms with van der Waals surface area (Å²) in [7, 11) is 0. The molecule has 2 rings (SSSR count). The molecule has 94 valence electrons. The van der Waals surface area contributed by atoms with E-state index in [-0.39, 0.29) is 6.61 Å². The van der Waals surface area contributed by atoms with Gasteiger partial charge < -0.3 is 5.11 Å². The number of hydrogen-bond acceptors (Lipinski definition) is 2. The van der Waals surface area contributed by atoms with Crippen molar-refractivity contribution >= 4 is 6.29 Å². The minimum atomic E-state index is 0.165. The van der Waals surface area contributed by atoms with Crippen LogP contribution in [-0.4, -0.2) is 18.0 Å². The fourth-order valence-corrected chi connectivity index (χ4v) is 3.11. The second kappa shape index (κ2) is 4.77. The molecule has 0 aromatic rings. The number of allylic oxidation sites excluding steroid dienone is 3. The lowest BCUT2D eigenvalue weighted by Crippen LogP contribution is -1.96. The summed E-state index contributed by atoms with van der Waals surface area (Å²) < 4.78 is 0. The van der Waals surface area contributed by atoms with Crippen LogP contribution in [0.4, 0.5) is 0 Å². The first-order valence-electron chi connectivity index (χ1n) is 6.54. The Morgan fingerprint density at radius 1 is 1.47 bits per heavy atom. The lowest BCUT2D eigenvalue weighted by molar-refractivity contribution is -0.105. The third kappa shape index (κ3) is 2.52. The van der Waals surface area contributed by atoms with Crippen molar-refractivity contribution in [2.75, 3.05) is 6.61 Å². The SMILES string of the molecule is CC1(C)[C@@H]2CCC(CO)=CCCC(C=O)=C[C@@H]21. The maximum Gasteiger partial charge on any atom is 0.145 e. The van der Waals surface area contributed by atoms with Crippen molar-refractivity contribution < 1.29 is 9.90 Å². The zero-order chi connectivity index (χ0) is 12.5. The van der Waals surface area contributed by atoms with Gasteiger partial charge in [-0.05, 0) is 54.1 Å². The van der Waals surface area contributed by atoms with Crippen LogP contribution in [0.25, 0.3) is 0 Å². The lowest BCUT2D eigenvalue weighted by Gasteiger charge is -2.06. The third-order valence-electron chi connectivity index (χ3n) is 4.53. The van der Waals surface area contributed by atoms with Crippen LogP contribution < -0.4 is 0 Å². The van der Waals surface area contributed by atoms with E-state index in [0.29, 0.717) is 17.3 Å². The molecule has 0 amide bonds. The Morgan fingerprint density at radius 2 is 2.24 bits per heavy atom. The zero-order valence-electron chi connectivity index (χ0n) is 10.8. The summed E-state index contributed by atoms with van der Waals surface area (Å²) in [5.41, 5.74) is 2.40. The van der Waals surface area contributed by atoms with Gasteiger partial charge in [0.2, 0.25) is 0 Å². The van der Waals surface area contributed by atoms with Gasteiger partial charge in [-0.15, -0.1) is 0 Å². The van der Waals surface area contributed by atoms with Crippen LogP contribution in [0.5, 0.6) is 0 Å². The Labute approximate surface area is 103 Å². The van der Waals surface area contributed by atoms with E-state index in [1.54, 1.807) is 0 Å². The first-order valence-corrected chi connectivity index (χ1v) is 6.54. The van der Waals surface area contributed by atoms with Crippen LogP contribution in [0.15, 0.2) is 23.3 Å². The fourth-order valence-electron chi connectivity index (χ4n) is 3.11. The summed E-state index contributed by atoms with van der Waals surface area (Å²) in [5, 5.41) is 9.27. The van der Waals surface area contributed by atoms with Crippen molar-refractivity contribution in [2.24, 2.45) is 17.3 Å². The molecule has 2 aliphatic carbocycles. The van der Waals surface area contributed by atoms with Crippen LogP contribution >= 0.6 is 0 Å². The van der Waals surface area contributed by atoms with Gasteiger partial charge in [0, 0.05) is 0 Å². The Morgan fingerprint density at radius 3 is 2.88 bits per heavy atom. The first kappa shape index (κ1) is 12.6. The van der Waals surface area contributed by atoms with E-state index in [0.717, 1.165) is 43.1 Å². The predicted molar refractivity (Wildman–Crippen MR) is 68.5 cm³/mol. The standard InChI is InChI=1S/C15H22O2/c1-15(2)13-7-6-11(9-16)4-3-5-12(10-17)8-14(13)15/h4,8,10,13-14,16H,3,5-7,9H2,1-2H3/t13-,14+/m1/s1. The van der Waals surface area contributed by atoms with Crippen LogP contribution in [0, 0.1) is 17.3 Å². The largest absolute Gasteiger partial charge is 0.392 e. The Balaban J connectivity index is 2.17. The topological polar surface area (TPSA) is 37.3 Å². The average molecular weight is 234 g/mol. The molecule has 2 aliphatic rings. The molecular weight excluding hydrogens is 212 g/mol. The molecule has 17 heavy (non-hydrogen) atoms. The molecule has 0 aromatic heterocycles. The van der Waals surface area contributed by atoms with Crippen molar-refractivity contribution in [3.05, 3.63) is 23.3 Å². The Bertz CT molecular complexity index is 363. The van der Waals surface area contributed by atoms with Crippen molar-refractivity contribution in [1.82, 2.24) is 0 Å². The number of carbonyl (C=O) groups excluding carboxylic acids is 1. The molecule has 0 aliphatic heterocycles. The van der Waals surface area contributed by atoms with Gasteiger partial charge in [-0.3, -0.25) is 4.79 Å². The lowest BCUT2D eigenvalue weighted by atomic mass is 10.0. The summed E-state index contributed by atoms with van der Waals surface area (Å²) in [6.45, 7) is 4.72. The number of aldehydes is 1. The highest BCUT2D eigenvalue weighted by molar-refractivity contribution is 5.73. The van der Waals surface area contributed by atoms with Gasteiger partial charge >= 0.3 is 0 Å². The molecule has 0 heterocycles. The quantitative estimate of drug-likeness (QED) is 0.589. The number of carbonyl (C=O) groups is 1. The highest BCUT2D eigenvalue weighted by atomic mass is 16.3. The van der Waals surface area contributed by atoms with E-state index in [1.807, 2.05) is 0 Å². The molecule has 0 aromatic carbocycles. The predicted octanol–water partition coefficient (Wildman–Crippen LogP) is 2.88. The Hall–Kier alpha value is -0.890. The second-order valence-electron chi connectivity index (χ2n) is 5.91. The molecule has 2 atom stereocenters. The number of aliphatic hydroxyl groups excluding tert-OH is 1. The summed E-state index contributed by atoms with van der Waals surface area (Å²) in [6, 6.07) is 0. The summed E-state index contributed by atoms with van der Waals surface area (Å²) in [4.78, 5) is 11.0. The molecule has 1 N–H and O–H groups in total. The van der Waals surface area contributed by atoms with Crippen LogP contribution in [0.1, 0.15) is 39.5 Å². The third-order valence-corrected chi connectivity index (χ3v) is 4.53. The van der Waals surface area contributed by atoms with Crippen LogP contribution in [-0.2, 0) is 4.79 Å². The number of hydrogen-bond donors (Lipinski definition) is 1. The van der Waals surface area contributed by atoms with Gasteiger partial charge in [0.25, 0.3) is 0 Å². The van der Waals surface area contributed by atoms with Gasteiger partial charge in [-0.25, -0.2) is 0 Å². The van der Waals surface area contributed by atoms with Gasteiger partial charge in [0.15, 0.2) is 0 Å². The summed E-state index contributed by atoms with van der Waals surface area (Å²) >= 11 is 0. The monoisotopic (exact) mass is 234 g/mol. The molecule has 2 nitrogen and oxygen atoms in total. The second-order valence-corrected chi connectivity index (χ2v) is 5.91. The summed E-state index contributed by atoms with van der Waals surface area (Å²) in [6.07, 6.45) is 9.12. The molecule has 0 radical (unpaired) electrons. The zero-order valence-corrected chi connectivity index (χ0v) is 10.8. The summed E-state index contributed by atoms with van der Waals surface area (Å²) in [5.74, 6) is 1.23. The smallest absolute Gasteiger partial charge is 0.145 e. The Kier molecular flexibility index (Phi) is 3.53. The maximum atomic E-state index is 11.0. The van der Waals surface area contributed by atoms with Gasteiger partial charge in [-0.2, -0.15) is 0 Å². The molecule has 0 saturated heterocycles. The van der Waals surface area contributed by atoms with Crippen molar-refractivity contribution in [3.63, 3.8) is 0 Å². The maximum absolute atomic E-state index is 11.0. The average Bonchev–Trinajstić information content (AvgIpc) is 2.84. The molecule has 0 bridgehead atoms. The van der Waals surface area contributed by atoms with Crippen molar-refractivity contribution in [2.45, 2.75) is 39.5 Å². The van der Waals surface area contributed by atoms with E-state index in [9.17, 15) is 9.90 Å². The molecular formula is C15H22O2. The molecule has 1 saturated carbocycles. The van der Waals surface area contributed by atoms with Gasteiger partial charge in [-0.1, -0.05) is 26.0 Å². The van der Waals surface area contributed by atoms with E-state index in [4.69, 9.17) is 0 Å². The van der Waals surface area contributed by atoms with Crippen LogP contribution in [0.3, 0.4) is 0 Å². The first-order chi connectivity index (χ1) is 8.09. The van der Waals surface area contributed by atoms with Gasteiger partial charge in [0.1, 0.15) is 6.29 Å². The minimum absolute atomic E-state index is 0.165. The molecule has 2 heteroatoms.